The molecule has 0 saturated heterocycles. The van der Waals surface area contributed by atoms with Crippen LogP contribution in [0.5, 0.6) is 5.75 Å². The van der Waals surface area contributed by atoms with Gasteiger partial charge in [-0.2, -0.15) is 0 Å². The van der Waals surface area contributed by atoms with E-state index in [1.807, 2.05) is 6.07 Å². The number of carboxylic acid groups (broad SMARTS) is 1. The van der Waals surface area contributed by atoms with E-state index in [9.17, 15) is 9.90 Å². The monoisotopic (exact) mass is 311 g/mol. The zero-order valence-corrected chi connectivity index (χ0v) is 13.0. The smallest absolute Gasteiger partial charge is 0.303 e. The van der Waals surface area contributed by atoms with Crippen molar-refractivity contribution in [3.8, 4) is 5.75 Å². The van der Waals surface area contributed by atoms with Gasteiger partial charge in [-0.3, -0.25) is 4.79 Å². The Balaban J connectivity index is 2.21. The summed E-state index contributed by atoms with van der Waals surface area (Å²) in [5, 5.41) is 9.79. The van der Waals surface area contributed by atoms with Crippen LogP contribution >= 0.6 is 11.6 Å². The molecule has 5 heteroatoms. The van der Waals surface area contributed by atoms with Crippen molar-refractivity contribution in [2.45, 2.75) is 44.6 Å². The van der Waals surface area contributed by atoms with Crippen molar-refractivity contribution in [2.75, 3.05) is 7.11 Å². The highest BCUT2D eigenvalue weighted by molar-refractivity contribution is 6.30. The van der Waals surface area contributed by atoms with Crippen molar-refractivity contribution in [1.29, 1.82) is 0 Å². The lowest BCUT2D eigenvalue weighted by atomic mass is 9.76. The minimum Gasteiger partial charge on any atom is -0.496 e. The summed E-state index contributed by atoms with van der Waals surface area (Å²) >= 11 is 6.05. The van der Waals surface area contributed by atoms with Gasteiger partial charge in [0, 0.05) is 16.6 Å². The average Bonchev–Trinajstić information content (AvgIpc) is 2.85. The lowest BCUT2D eigenvalue weighted by molar-refractivity contribution is -0.139. The number of hydrogen-bond donors (Lipinski definition) is 2. The molecule has 1 aromatic carbocycles. The minimum atomic E-state index is -0.748. The van der Waals surface area contributed by atoms with Gasteiger partial charge < -0.3 is 15.6 Å². The predicted octanol–water partition coefficient (Wildman–Crippen LogP) is 3.77. The van der Waals surface area contributed by atoms with Crippen molar-refractivity contribution in [2.24, 2.45) is 11.1 Å². The van der Waals surface area contributed by atoms with Crippen molar-refractivity contribution in [1.82, 2.24) is 0 Å². The summed E-state index contributed by atoms with van der Waals surface area (Å²) in [6.07, 6.45) is 4.84. The molecule has 0 bridgehead atoms. The average molecular weight is 312 g/mol. The predicted molar refractivity (Wildman–Crippen MR) is 82.7 cm³/mol. The Hall–Kier alpha value is -1.26. The first-order valence-electron chi connectivity index (χ1n) is 7.27. The van der Waals surface area contributed by atoms with Crippen LogP contribution < -0.4 is 10.5 Å². The number of nitrogens with two attached hydrogens (primary N) is 1. The van der Waals surface area contributed by atoms with Crippen LogP contribution in [-0.2, 0) is 4.79 Å². The van der Waals surface area contributed by atoms with Crippen molar-refractivity contribution >= 4 is 17.6 Å². The number of methoxy groups -OCH3 is 1. The summed E-state index contributed by atoms with van der Waals surface area (Å²) in [5.41, 5.74) is 7.00. The SMILES string of the molecule is COc1ccc(Cl)cc1C(N)CC1(CC(=O)O)CCCC1. The van der Waals surface area contributed by atoms with Gasteiger partial charge in [0.05, 0.1) is 13.5 Å². The van der Waals surface area contributed by atoms with E-state index >= 15 is 0 Å². The summed E-state index contributed by atoms with van der Waals surface area (Å²) in [5.74, 6) is -0.0440. The van der Waals surface area contributed by atoms with Gasteiger partial charge in [0.2, 0.25) is 0 Å². The molecule has 1 aliphatic rings. The summed E-state index contributed by atoms with van der Waals surface area (Å²) in [7, 11) is 1.60. The number of rotatable bonds is 6. The number of carboxylic acids is 1. The van der Waals surface area contributed by atoms with Crippen LogP contribution in [0, 0.1) is 5.41 Å². The maximum Gasteiger partial charge on any atom is 0.303 e. The molecule has 3 N–H and O–H groups in total. The fourth-order valence-electron chi connectivity index (χ4n) is 3.47. The molecule has 1 aromatic rings. The zero-order chi connectivity index (χ0) is 15.5. The molecule has 0 amide bonds. The van der Waals surface area contributed by atoms with Crippen molar-refractivity contribution in [3.63, 3.8) is 0 Å². The Morgan fingerprint density at radius 1 is 1.48 bits per heavy atom. The number of benzene rings is 1. The second-order valence-corrected chi connectivity index (χ2v) is 6.41. The molecule has 1 unspecified atom stereocenters. The van der Waals surface area contributed by atoms with E-state index in [2.05, 4.69) is 0 Å². The van der Waals surface area contributed by atoms with E-state index in [0.29, 0.717) is 17.2 Å². The lowest BCUT2D eigenvalue weighted by Crippen LogP contribution is -2.27. The summed E-state index contributed by atoms with van der Waals surface area (Å²) in [6.45, 7) is 0. The van der Waals surface area contributed by atoms with Crippen LogP contribution in [0.25, 0.3) is 0 Å². The van der Waals surface area contributed by atoms with Crippen LogP contribution in [0.15, 0.2) is 18.2 Å². The van der Waals surface area contributed by atoms with E-state index in [-0.39, 0.29) is 17.9 Å². The molecule has 0 heterocycles. The molecule has 1 aliphatic carbocycles. The molecule has 116 valence electrons. The molecular formula is C16H22ClNO3. The van der Waals surface area contributed by atoms with E-state index in [1.165, 1.54) is 0 Å². The van der Waals surface area contributed by atoms with Gasteiger partial charge in [0.25, 0.3) is 0 Å². The zero-order valence-electron chi connectivity index (χ0n) is 12.3. The highest BCUT2D eigenvalue weighted by Gasteiger charge is 2.38. The Labute approximate surface area is 130 Å². The van der Waals surface area contributed by atoms with Gasteiger partial charge in [0.15, 0.2) is 0 Å². The van der Waals surface area contributed by atoms with E-state index < -0.39 is 5.97 Å². The molecule has 0 aromatic heterocycles. The maximum atomic E-state index is 11.2. The third-order valence-electron chi connectivity index (χ3n) is 4.43. The highest BCUT2D eigenvalue weighted by atomic mass is 35.5. The fourth-order valence-corrected chi connectivity index (χ4v) is 3.65. The number of aliphatic carboxylic acids is 1. The van der Waals surface area contributed by atoms with Gasteiger partial charge in [0.1, 0.15) is 5.75 Å². The van der Waals surface area contributed by atoms with E-state index in [0.717, 1.165) is 31.2 Å². The van der Waals surface area contributed by atoms with E-state index in [4.69, 9.17) is 22.1 Å². The Morgan fingerprint density at radius 2 is 2.14 bits per heavy atom. The van der Waals surface area contributed by atoms with Crippen LogP contribution in [0.2, 0.25) is 5.02 Å². The number of carbonyl (C=O) groups is 1. The first-order chi connectivity index (χ1) is 9.96. The molecular weight excluding hydrogens is 290 g/mol. The summed E-state index contributed by atoms with van der Waals surface area (Å²) in [4.78, 5) is 11.2. The van der Waals surface area contributed by atoms with Crippen LogP contribution in [0.1, 0.15) is 50.1 Å². The third kappa shape index (κ3) is 3.89. The quantitative estimate of drug-likeness (QED) is 0.838. The van der Waals surface area contributed by atoms with Gasteiger partial charge in [-0.1, -0.05) is 24.4 Å². The molecule has 4 nitrogen and oxygen atoms in total. The molecule has 0 aliphatic heterocycles. The standard InChI is InChI=1S/C16H22ClNO3/c1-21-14-5-4-11(17)8-12(14)13(18)9-16(10-15(19)20)6-2-3-7-16/h4-5,8,13H,2-3,6-7,9-10,18H2,1H3,(H,19,20). The van der Waals surface area contributed by atoms with Gasteiger partial charge in [-0.25, -0.2) is 0 Å². The first kappa shape index (κ1) is 16.1. The second-order valence-electron chi connectivity index (χ2n) is 5.97. The molecule has 0 radical (unpaired) electrons. The van der Waals surface area contributed by atoms with Gasteiger partial charge in [-0.15, -0.1) is 0 Å². The molecule has 1 atom stereocenters. The van der Waals surface area contributed by atoms with Crippen LogP contribution in [0.4, 0.5) is 0 Å². The van der Waals surface area contributed by atoms with Gasteiger partial charge >= 0.3 is 5.97 Å². The minimum absolute atomic E-state index is 0.184. The largest absolute Gasteiger partial charge is 0.496 e. The fraction of sp³-hybridized carbons (Fsp3) is 0.562. The summed E-state index contributed by atoms with van der Waals surface area (Å²) < 4.78 is 5.34. The molecule has 0 spiro atoms. The lowest BCUT2D eigenvalue weighted by Gasteiger charge is -2.31. The molecule has 1 fully saturated rings. The van der Waals surface area contributed by atoms with Crippen LogP contribution in [0.3, 0.4) is 0 Å². The second kappa shape index (κ2) is 6.67. The van der Waals surface area contributed by atoms with E-state index in [1.54, 1.807) is 19.2 Å². The van der Waals surface area contributed by atoms with Crippen molar-refractivity contribution in [3.05, 3.63) is 28.8 Å². The van der Waals surface area contributed by atoms with Crippen molar-refractivity contribution < 1.29 is 14.6 Å². The number of ether oxygens (including phenoxy) is 1. The van der Waals surface area contributed by atoms with Gasteiger partial charge in [-0.05, 0) is 42.9 Å². The van der Waals surface area contributed by atoms with Crippen LogP contribution in [-0.4, -0.2) is 18.2 Å². The molecule has 2 rings (SSSR count). The normalized spacial score (nSPS) is 18.4. The number of halogens is 1. The Kier molecular flexibility index (Phi) is 5.12. The molecule has 1 saturated carbocycles. The maximum absolute atomic E-state index is 11.2. The summed E-state index contributed by atoms with van der Waals surface area (Å²) in [6, 6.07) is 5.11. The Bertz CT molecular complexity index is 512. The third-order valence-corrected chi connectivity index (χ3v) is 4.67. The number of hydrogen-bond acceptors (Lipinski definition) is 3. The first-order valence-corrected chi connectivity index (χ1v) is 7.64. The topological polar surface area (TPSA) is 72.5 Å². The highest BCUT2D eigenvalue weighted by Crippen LogP contribution is 2.47. The Morgan fingerprint density at radius 3 is 2.71 bits per heavy atom. The molecule has 21 heavy (non-hydrogen) atoms.